The molecule has 74 heavy (non-hydrogen) atoms. The van der Waals surface area contributed by atoms with Crippen LogP contribution in [0.1, 0.15) is 102 Å². The summed E-state index contributed by atoms with van der Waals surface area (Å²) in [5.41, 5.74) is 11.5. The number of anilines is 2. The van der Waals surface area contributed by atoms with Gasteiger partial charge in [0.15, 0.2) is 34.7 Å². The molecule has 0 spiro atoms. The van der Waals surface area contributed by atoms with Gasteiger partial charge in [0, 0.05) is 81.8 Å². The van der Waals surface area contributed by atoms with Crippen molar-refractivity contribution >= 4 is 35.0 Å². The first-order valence-corrected chi connectivity index (χ1v) is 24.6. The molecule has 12 rings (SSSR count). The number of hydrogen-bond donors (Lipinski definition) is 4. The number of carbonyl (C=O) groups excluding carboxylic acids is 4. The second-order valence-corrected chi connectivity index (χ2v) is 20.4. The number of halogens is 2. The van der Waals surface area contributed by atoms with E-state index in [1.807, 2.05) is 48.5 Å². The molecule has 4 aromatic carbocycles. The van der Waals surface area contributed by atoms with Crippen LogP contribution in [-0.2, 0) is 25.7 Å². The summed E-state index contributed by atoms with van der Waals surface area (Å²) in [6, 6.07) is 35.5. The number of ether oxygens (including phenoxy) is 2. The highest BCUT2D eigenvalue weighted by molar-refractivity contribution is 6.08. The quantitative estimate of drug-likeness (QED) is 0.0938. The Bertz CT molecular complexity index is 3320. The predicted octanol–water partition coefficient (Wildman–Crippen LogP) is 11.7. The van der Waals surface area contributed by atoms with E-state index in [9.17, 15) is 28.0 Å². The fraction of sp³-hybridized carbons (Fsp3) is 0.233. The summed E-state index contributed by atoms with van der Waals surface area (Å²) in [6.07, 6.45) is 8.03. The Labute approximate surface area is 426 Å². The van der Waals surface area contributed by atoms with E-state index in [-0.39, 0.29) is 56.9 Å². The van der Waals surface area contributed by atoms with E-state index in [1.54, 1.807) is 24.5 Å². The molecule has 0 unspecified atom stereocenters. The summed E-state index contributed by atoms with van der Waals surface area (Å²) in [7, 11) is 2.74. The lowest BCUT2D eigenvalue weighted by Crippen LogP contribution is -2.20. The minimum Gasteiger partial charge on any atom is -0.494 e. The molecule has 372 valence electrons. The number of hydrogen-bond acceptors (Lipinski definition) is 8. The lowest BCUT2D eigenvalue weighted by atomic mass is 9.84. The molecule has 0 bridgehead atoms. The van der Waals surface area contributed by atoms with Crippen molar-refractivity contribution in [2.45, 2.75) is 52.4 Å². The van der Waals surface area contributed by atoms with Crippen molar-refractivity contribution in [2.24, 2.45) is 22.7 Å². The van der Waals surface area contributed by atoms with Crippen LogP contribution in [0, 0.1) is 34.3 Å². The van der Waals surface area contributed by atoms with Crippen LogP contribution in [0.15, 0.2) is 134 Å². The molecule has 0 aliphatic heterocycles. The minimum atomic E-state index is -0.615. The van der Waals surface area contributed by atoms with E-state index >= 15 is 0 Å². The lowest BCUT2D eigenvalue weighted by molar-refractivity contribution is 0.0931. The van der Waals surface area contributed by atoms with Gasteiger partial charge in [-0.2, -0.15) is 0 Å². The van der Waals surface area contributed by atoms with Crippen molar-refractivity contribution in [1.82, 2.24) is 19.9 Å². The van der Waals surface area contributed by atoms with Crippen LogP contribution in [0.4, 0.5) is 20.4 Å². The Kier molecular flexibility index (Phi) is 12.2. The van der Waals surface area contributed by atoms with Gasteiger partial charge in [-0.05, 0) is 119 Å². The number of nitrogens with zero attached hydrogens (tertiary/aromatic N) is 2. The number of ketones is 2. The summed E-state index contributed by atoms with van der Waals surface area (Å²) >= 11 is 0. The minimum absolute atomic E-state index is 0.0429. The Balaban J connectivity index is 0.000000159. The third-order valence-corrected chi connectivity index (χ3v) is 15.2. The summed E-state index contributed by atoms with van der Waals surface area (Å²) in [4.78, 5) is 68.2. The molecule has 4 aromatic heterocycles. The van der Waals surface area contributed by atoms with Crippen LogP contribution in [-0.4, -0.2) is 57.5 Å². The van der Waals surface area contributed by atoms with Gasteiger partial charge in [0.2, 0.25) is 0 Å². The van der Waals surface area contributed by atoms with Crippen LogP contribution < -0.4 is 20.1 Å². The molecule has 14 heteroatoms. The van der Waals surface area contributed by atoms with E-state index in [1.165, 1.54) is 38.5 Å². The maximum atomic E-state index is 14.1. The number of H-pyrrole nitrogens is 2. The number of aromatic amines is 2. The largest absolute Gasteiger partial charge is 0.494 e. The molecule has 4 aliphatic carbocycles. The highest BCUT2D eigenvalue weighted by atomic mass is 19.1. The molecule has 4 heterocycles. The third-order valence-electron chi connectivity index (χ3n) is 15.2. The third kappa shape index (κ3) is 9.05. The molecule has 4 atom stereocenters. The smallest absolute Gasteiger partial charge is 0.256 e. The number of fused-ring (bicyclic) bond motifs is 4. The van der Waals surface area contributed by atoms with Gasteiger partial charge in [-0.1, -0.05) is 74.5 Å². The molecule has 2 amide bonds. The normalized spacial score (nSPS) is 19.6. The molecule has 4 aliphatic rings. The molecule has 12 nitrogen and oxygen atoms in total. The second kappa shape index (κ2) is 18.8. The molecular weight excluding hydrogens is 939 g/mol. The van der Waals surface area contributed by atoms with Crippen molar-refractivity contribution < 1.29 is 37.4 Å². The molecule has 8 aromatic rings. The molecule has 2 fully saturated rings. The predicted molar refractivity (Wildman–Crippen MR) is 277 cm³/mol. The highest BCUT2D eigenvalue weighted by Gasteiger charge is 2.59. The number of amides is 2. The zero-order chi connectivity index (χ0) is 51.5. The molecule has 0 radical (unpaired) electrons. The number of pyridine rings is 2. The maximum absolute atomic E-state index is 14.1. The Morgan fingerprint density at radius 2 is 1.00 bits per heavy atom. The van der Waals surface area contributed by atoms with Gasteiger partial charge in [0.25, 0.3) is 11.8 Å². The van der Waals surface area contributed by atoms with E-state index in [0.717, 1.165) is 105 Å². The van der Waals surface area contributed by atoms with Crippen molar-refractivity contribution in [3.05, 3.63) is 201 Å². The summed E-state index contributed by atoms with van der Waals surface area (Å²) in [5.74, 6) is -0.760. The van der Waals surface area contributed by atoms with Crippen LogP contribution in [0.5, 0.6) is 11.5 Å². The monoisotopic (exact) mass is 990 g/mol. The van der Waals surface area contributed by atoms with Crippen LogP contribution >= 0.6 is 0 Å². The van der Waals surface area contributed by atoms with E-state index in [2.05, 4.69) is 68.7 Å². The number of carbonyl (C=O) groups is 4. The maximum Gasteiger partial charge on any atom is 0.256 e. The van der Waals surface area contributed by atoms with Crippen molar-refractivity contribution in [1.29, 1.82) is 0 Å². The second-order valence-electron chi connectivity index (χ2n) is 20.4. The van der Waals surface area contributed by atoms with Gasteiger partial charge >= 0.3 is 0 Å². The van der Waals surface area contributed by atoms with Crippen LogP contribution in [0.3, 0.4) is 0 Å². The van der Waals surface area contributed by atoms with Crippen LogP contribution in [0.2, 0.25) is 0 Å². The standard InChI is InChI=1S/2C30H26FN3O3/c2*1-30-15-21(30)28(35)26-20(12-17-6-4-3-5-7-17)27(33-23(26)16-30)18-10-11-32-25(14-18)34-29(36)19-8-9-24(37-2)22(31)13-19/h2*3-11,13-14,21,33H,12,15-16H2,1-2H3,(H,32,34,36)/t2*21-,30+/m10/s1. The highest BCUT2D eigenvalue weighted by Crippen LogP contribution is 2.61. The first kappa shape index (κ1) is 47.8. The topological polar surface area (TPSA) is 168 Å². The number of rotatable bonds is 12. The van der Waals surface area contributed by atoms with E-state index < -0.39 is 23.4 Å². The fourth-order valence-electron chi connectivity index (χ4n) is 11.0. The zero-order valence-corrected chi connectivity index (χ0v) is 41.2. The molecule has 2 saturated carbocycles. The number of Topliss-reactive ketones (excluding diaryl/α,β-unsaturated/α-hetero) is 2. The van der Waals surface area contributed by atoms with Gasteiger partial charge in [-0.25, -0.2) is 18.7 Å². The van der Waals surface area contributed by atoms with Gasteiger partial charge in [-0.15, -0.1) is 0 Å². The Morgan fingerprint density at radius 1 is 0.595 bits per heavy atom. The fourth-order valence-corrected chi connectivity index (χ4v) is 11.0. The van der Waals surface area contributed by atoms with Gasteiger partial charge in [0.1, 0.15) is 11.6 Å². The average Bonchev–Trinajstić information content (AvgIpc) is 4.20. The zero-order valence-electron chi connectivity index (χ0n) is 41.2. The summed E-state index contributed by atoms with van der Waals surface area (Å²) in [5, 5.41) is 5.51. The Morgan fingerprint density at radius 3 is 1.38 bits per heavy atom. The van der Waals surface area contributed by atoms with Crippen molar-refractivity contribution in [3.63, 3.8) is 0 Å². The first-order valence-electron chi connectivity index (χ1n) is 24.6. The lowest BCUT2D eigenvalue weighted by Gasteiger charge is -2.17. The molecular formula is C60H52F2N6O6. The van der Waals surface area contributed by atoms with Crippen molar-refractivity contribution in [3.8, 4) is 34.0 Å². The first-order chi connectivity index (χ1) is 35.7. The SMILES string of the molecule is COc1ccc(C(=O)Nc2cc(-c3[nH]c4c(c3Cc3ccccc3)C(=O)[C@@H]3C[C@]3(C)C4)ccn2)cc1F.COc1ccc(C(=O)Nc2cc(-c3[nH]c4c(c3Cc3ccccc3)C(=O)[C@H]3C[C@@]3(C)C4)ccn2)cc1F. The van der Waals surface area contributed by atoms with Gasteiger partial charge in [0.05, 0.1) is 25.6 Å². The molecule has 0 saturated heterocycles. The number of methoxy groups -OCH3 is 2. The van der Waals surface area contributed by atoms with Gasteiger partial charge in [-0.3, -0.25) is 19.2 Å². The summed E-state index contributed by atoms with van der Waals surface area (Å²) in [6.45, 7) is 4.36. The Hall–Kier alpha value is -8.52. The number of nitrogens with one attached hydrogen (secondary N) is 4. The molecule has 4 N–H and O–H groups in total. The average molecular weight is 991 g/mol. The number of benzene rings is 4. The summed E-state index contributed by atoms with van der Waals surface area (Å²) < 4.78 is 38.1. The van der Waals surface area contributed by atoms with E-state index in [4.69, 9.17) is 9.47 Å². The van der Waals surface area contributed by atoms with E-state index in [0.29, 0.717) is 24.5 Å². The van der Waals surface area contributed by atoms with Gasteiger partial charge < -0.3 is 30.1 Å². The number of aromatic nitrogens is 4. The van der Waals surface area contributed by atoms with Crippen LogP contribution in [0.25, 0.3) is 22.5 Å². The van der Waals surface area contributed by atoms with Crippen molar-refractivity contribution in [2.75, 3.05) is 24.9 Å².